The second kappa shape index (κ2) is 7.02. The summed E-state index contributed by atoms with van der Waals surface area (Å²) in [7, 11) is -3.57. The van der Waals surface area contributed by atoms with Gasteiger partial charge in [0.15, 0.2) is 0 Å². The molecule has 0 fully saturated rings. The number of hydrogen-bond donors (Lipinski definition) is 2. The highest BCUT2D eigenvalue weighted by atomic mass is 32.2. The first-order valence-electron chi connectivity index (χ1n) is 6.75. The summed E-state index contributed by atoms with van der Waals surface area (Å²) in [6.07, 6.45) is 4.22. The maximum atomic E-state index is 12.5. The number of thiophene rings is 1. The molecule has 0 unspecified atom stereocenters. The molecule has 0 aromatic carbocycles. The lowest BCUT2D eigenvalue weighted by molar-refractivity contribution is 0.599. The molecule has 2 heterocycles. The van der Waals surface area contributed by atoms with Crippen molar-refractivity contribution in [3.05, 3.63) is 40.3 Å². The molecule has 7 heteroatoms. The Balaban J connectivity index is 2.20. The van der Waals surface area contributed by atoms with Crippen LogP contribution in [0, 0.1) is 6.92 Å². The lowest BCUT2D eigenvalue weighted by Gasteiger charge is -2.11. The number of sulfonamides is 1. The second-order valence-electron chi connectivity index (χ2n) is 4.68. The van der Waals surface area contributed by atoms with Crippen LogP contribution in [0.4, 0.5) is 5.69 Å². The SMILES string of the molecule is CCCNCc1sccc1S(=O)(=O)Nc1ccncc1C. The van der Waals surface area contributed by atoms with Crippen molar-refractivity contribution in [2.24, 2.45) is 0 Å². The van der Waals surface area contributed by atoms with E-state index in [0.29, 0.717) is 17.1 Å². The zero-order valence-electron chi connectivity index (χ0n) is 12.1. The number of hydrogen-bond acceptors (Lipinski definition) is 5. The van der Waals surface area contributed by atoms with Gasteiger partial charge in [0.1, 0.15) is 4.90 Å². The summed E-state index contributed by atoms with van der Waals surface area (Å²) in [5, 5.41) is 5.04. The normalized spacial score (nSPS) is 11.5. The predicted molar refractivity (Wildman–Crippen MR) is 86.1 cm³/mol. The van der Waals surface area contributed by atoms with Gasteiger partial charge in [-0.25, -0.2) is 8.42 Å². The summed E-state index contributed by atoms with van der Waals surface area (Å²) < 4.78 is 27.7. The number of pyridine rings is 1. The minimum atomic E-state index is -3.57. The van der Waals surface area contributed by atoms with Gasteiger partial charge in [-0.3, -0.25) is 9.71 Å². The van der Waals surface area contributed by atoms with Crippen molar-refractivity contribution in [2.45, 2.75) is 31.7 Å². The molecule has 2 rings (SSSR count). The van der Waals surface area contributed by atoms with Gasteiger partial charge in [0.25, 0.3) is 10.0 Å². The van der Waals surface area contributed by atoms with E-state index in [2.05, 4.69) is 21.9 Å². The van der Waals surface area contributed by atoms with E-state index in [9.17, 15) is 8.42 Å². The Kier molecular flexibility index (Phi) is 5.33. The summed E-state index contributed by atoms with van der Waals surface area (Å²) in [6, 6.07) is 3.31. The van der Waals surface area contributed by atoms with Crippen molar-refractivity contribution in [2.75, 3.05) is 11.3 Å². The molecule has 0 spiro atoms. The number of nitrogens with zero attached hydrogens (tertiary/aromatic N) is 1. The molecule has 2 N–H and O–H groups in total. The van der Waals surface area contributed by atoms with Crippen LogP contribution in [0.2, 0.25) is 0 Å². The van der Waals surface area contributed by atoms with Crippen LogP contribution in [-0.4, -0.2) is 19.9 Å². The number of aromatic nitrogens is 1. The number of anilines is 1. The van der Waals surface area contributed by atoms with Gasteiger partial charge in [0.2, 0.25) is 0 Å². The molecule has 0 saturated carbocycles. The monoisotopic (exact) mass is 325 g/mol. The molecule has 21 heavy (non-hydrogen) atoms. The highest BCUT2D eigenvalue weighted by Gasteiger charge is 2.20. The molecule has 0 aliphatic rings. The Labute approximate surface area is 129 Å². The predicted octanol–water partition coefficient (Wildman–Crippen LogP) is 2.75. The molecule has 5 nitrogen and oxygen atoms in total. The third-order valence-electron chi connectivity index (χ3n) is 2.97. The molecule has 0 amide bonds. The first kappa shape index (κ1) is 15.9. The van der Waals surface area contributed by atoms with Gasteiger partial charge in [-0.05, 0) is 43.0 Å². The van der Waals surface area contributed by atoms with Crippen molar-refractivity contribution >= 4 is 27.0 Å². The quantitative estimate of drug-likeness (QED) is 0.768. The zero-order valence-corrected chi connectivity index (χ0v) is 13.7. The Morgan fingerprint density at radius 1 is 1.33 bits per heavy atom. The number of nitrogens with one attached hydrogen (secondary N) is 2. The van der Waals surface area contributed by atoms with Gasteiger partial charge < -0.3 is 5.32 Å². The largest absolute Gasteiger partial charge is 0.312 e. The molecular weight excluding hydrogens is 306 g/mol. The van der Waals surface area contributed by atoms with E-state index in [1.807, 2.05) is 6.92 Å². The van der Waals surface area contributed by atoms with E-state index in [1.54, 1.807) is 29.9 Å². The molecule has 0 radical (unpaired) electrons. The third-order valence-corrected chi connectivity index (χ3v) is 5.47. The summed E-state index contributed by atoms with van der Waals surface area (Å²) in [5.74, 6) is 0. The Morgan fingerprint density at radius 2 is 2.14 bits per heavy atom. The molecule has 2 aromatic rings. The van der Waals surface area contributed by atoms with E-state index >= 15 is 0 Å². The standard InChI is InChI=1S/C14H19N3O2S2/c1-3-6-15-10-13-14(5-8-20-13)21(18,19)17-12-4-7-16-9-11(12)2/h4-5,7-9,15H,3,6,10H2,1-2H3,(H,16,17). The topological polar surface area (TPSA) is 71.1 Å². The summed E-state index contributed by atoms with van der Waals surface area (Å²) in [6.45, 7) is 5.33. The lowest BCUT2D eigenvalue weighted by Crippen LogP contribution is -2.18. The van der Waals surface area contributed by atoms with Gasteiger partial charge >= 0.3 is 0 Å². The zero-order chi connectivity index (χ0) is 15.3. The second-order valence-corrected chi connectivity index (χ2v) is 7.33. The van der Waals surface area contributed by atoms with Crippen LogP contribution in [-0.2, 0) is 16.6 Å². The van der Waals surface area contributed by atoms with Crippen LogP contribution >= 0.6 is 11.3 Å². The average molecular weight is 325 g/mol. The number of rotatable bonds is 7. The van der Waals surface area contributed by atoms with Crippen LogP contribution in [0.1, 0.15) is 23.8 Å². The van der Waals surface area contributed by atoms with Gasteiger partial charge in [0, 0.05) is 23.8 Å². The third kappa shape index (κ3) is 4.03. The van der Waals surface area contributed by atoms with Gasteiger partial charge in [-0.1, -0.05) is 6.92 Å². The van der Waals surface area contributed by atoms with Gasteiger partial charge in [-0.15, -0.1) is 11.3 Å². The smallest absolute Gasteiger partial charge is 0.263 e. The van der Waals surface area contributed by atoms with Gasteiger partial charge in [0.05, 0.1) is 5.69 Å². The maximum absolute atomic E-state index is 12.5. The van der Waals surface area contributed by atoms with Crippen molar-refractivity contribution in [1.82, 2.24) is 10.3 Å². The lowest BCUT2D eigenvalue weighted by atomic mass is 10.3. The summed E-state index contributed by atoms with van der Waals surface area (Å²) >= 11 is 1.45. The van der Waals surface area contributed by atoms with Crippen LogP contribution < -0.4 is 10.0 Å². The van der Waals surface area contributed by atoms with Gasteiger partial charge in [-0.2, -0.15) is 0 Å². The maximum Gasteiger partial charge on any atom is 0.263 e. The first-order chi connectivity index (χ1) is 10.0. The van der Waals surface area contributed by atoms with Crippen LogP contribution in [0.5, 0.6) is 0 Å². The molecule has 0 aliphatic carbocycles. The van der Waals surface area contributed by atoms with E-state index in [4.69, 9.17) is 0 Å². The summed E-state index contributed by atoms with van der Waals surface area (Å²) in [4.78, 5) is 5.12. The molecule has 0 aliphatic heterocycles. The number of aryl methyl sites for hydroxylation is 1. The fourth-order valence-electron chi connectivity index (χ4n) is 1.86. The van der Waals surface area contributed by atoms with Crippen molar-refractivity contribution < 1.29 is 8.42 Å². The molecule has 114 valence electrons. The fraction of sp³-hybridized carbons (Fsp3) is 0.357. The molecular formula is C14H19N3O2S2. The Morgan fingerprint density at radius 3 is 2.86 bits per heavy atom. The molecule has 0 atom stereocenters. The van der Waals surface area contributed by atoms with Crippen molar-refractivity contribution in [1.29, 1.82) is 0 Å². The molecule has 0 bridgehead atoms. The minimum absolute atomic E-state index is 0.340. The molecule has 0 saturated heterocycles. The highest BCUT2D eigenvalue weighted by Crippen LogP contribution is 2.25. The van der Waals surface area contributed by atoms with E-state index in [1.165, 1.54) is 11.3 Å². The van der Waals surface area contributed by atoms with Crippen LogP contribution in [0.15, 0.2) is 34.8 Å². The minimum Gasteiger partial charge on any atom is -0.312 e. The van der Waals surface area contributed by atoms with E-state index < -0.39 is 10.0 Å². The fourth-order valence-corrected chi connectivity index (χ4v) is 4.41. The Hall–Kier alpha value is -1.44. The van der Waals surface area contributed by atoms with E-state index in [0.717, 1.165) is 23.4 Å². The average Bonchev–Trinajstić information content (AvgIpc) is 2.91. The molecule has 2 aromatic heterocycles. The van der Waals surface area contributed by atoms with Crippen LogP contribution in [0.3, 0.4) is 0 Å². The Bertz CT molecular complexity index is 696. The van der Waals surface area contributed by atoms with Crippen molar-refractivity contribution in [3.63, 3.8) is 0 Å². The van der Waals surface area contributed by atoms with Crippen molar-refractivity contribution in [3.8, 4) is 0 Å². The van der Waals surface area contributed by atoms with Crippen LogP contribution in [0.25, 0.3) is 0 Å². The first-order valence-corrected chi connectivity index (χ1v) is 9.11. The van der Waals surface area contributed by atoms with E-state index in [-0.39, 0.29) is 0 Å². The summed E-state index contributed by atoms with van der Waals surface area (Å²) in [5.41, 5.74) is 1.35. The highest BCUT2D eigenvalue weighted by molar-refractivity contribution is 7.93.